The number of carboxylic acid groups (broad SMARTS) is 1. The molecule has 4 aromatic rings. The molecule has 1 N–H and O–H groups in total. The van der Waals surface area contributed by atoms with Crippen LogP contribution in [-0.4, -0.2) is 25.2 Å². The maximum absolute atomic E-state index is 12.9. The molecule has 4 aromatic carbocycles. The van der Waals surface area contributed by atoms with Gasteiger partial charge in [-0.2, -0.15) is 0 Å². The topological polar surface area (TPSA) is 71.4 Å². The van der Waals surface area contributed by atoms with Crippen LogP contribution >= 0.6 is 11.6 Å². The van der Waals surface area contributed by atoms with Gasteiger partial charge in [0.2, 0.25) is 0 Å². The van der Waals surface area contributed by atoms with E-state index < -0.39 is 15.8 Å². The maximum Gasteiger partial charge on any atom is 0.336 e. The van der Waals surface area contributed by atoms with E-state index in [2.05, 4.69) is 0 Å². The fraction of sp³-hybridized carbons (Fsp3) is 0.0800. The van der Waals surface area contributed by atoms with Crippen LogP contribution in [0.4, 0.5) is 0 Å². The molecule has 0 aliphatic carbocycles. The van der Waals surface area contributed by atoms with Crippen molar-refractivity contribution >= 4 is 38.2 Å². The Hall–Kier alpha value is -3.15. The summed E-state index contributed by atoms with van der Waals surface area (Å²) in [6.45, 7) is 0. The fourth-order valence-corrected chi connectivity index (χ4v) is 5.04. The largest absolute Gasteiger partial charge is 0.478 e. The summed E-state index contributed by atoms with van der Waals surface area (Å²) in [4.78, 5) is 12.1. The molecule has 0 aromatic heterocycles. The summed E-state index contributed by atoms with van der Waals surface area (Å²) in [5, 5.41) is 11.8. The summed E-state index contributed by atoms with van der Waals surface area (Å²) in [6, 6.07) is 24.7. The Balaban J connectivity index is 1.58. The number of benzene rings is 4. The number of aromatic carboxylic acids is 1. The lowest BCUT2D eigenvalue weighted by molar-refractivity contribution is 0.0698. The Bertz CT molecular complexity index is 1360. The first-order valence-electron chi connectivity index (χ1n) is 9.68. The predicted octanol–water partition coefficient (Wildman–Crippen LogP) is 5.87. The summed E-state index contributed by atoms with van der Waals surface area (Å²) in [5.74, 6) is -1.23. The third kappa shape index (κ3) is 4.48. The van der Waals surface area contributed by atoms with Gasteiger partial charge in [0.05, 0.1) is 16.2 Å². The van der Waals surface area contributed by atoms with Gasteiger partial charge in [0, 0.05) is 5.02 Å². The van der Waals surface area contributed by atoms with Crippen LogP contribution in [0.1, 0.15) is 15.9 Å². The number of halogens is 1. The molecule has 0 amide bonds. The van der Waals surface area contributed by atoms with Gasteiger partial charge in [-0.25, -0.2) is 13.2 Å². The summed E-state index contributed by atoms with van der Waals surface area (Å²) in [6.07, 6.45) is 0.119. The first kappa shape index (κ1) is 21.1. The lowest BCUT2D eigenvalue weighted by Gasteiger charge is -2.11. The van der Waals surface area contributed by atoms with Crippen LogP contribution in [0.5, 0.6) is 0 Å². The lowest BCUT2D eigenvalue weighted by atomic mass is 9.97. The minimum absolute atomic E-state index is 0.119. The second kappa shape index (κ2) is 8.53. The number of sulfone groups is 1. The third-order valence-electron chi connectivity index (χ3n) is 5.26. The zero-order valence-corrected chi connectivity index (χ0v) is 18.0. The van der Waals surface area contributed by atoms with Crippen LogP contribution < -0.4 is 0 Å². The van der Waals surface area contributed by atoms with Crippen LogP contribution in [0.2, 0.25) is 5.02 Å². The molecule has 6 heteroatoms. The van der Waals surface area contributed by atoms with Crippen molar-refractivity contribution in [1.82, 2.24) is 0 Å². The average molecular weight is 451 g/mol. The van der Waals surface area contributed by atoms with Crippen molar-refractivity contribution in [2.45, 2.75) is 11.3 Å². The van der Waals surface area contributed by atoms with E-state index in [4.69, 9.17) is 11.6 Å². The first-order valence-corrected chi connectivity index (χ1v) is 11.7. The number of hydrogen-bond acceptors (Lipinski definition) is 3. The van der Waals surface area contributed by atoms with Crippen molar-refractivity contribution < 1.29 is 18.3 Å². The van der Waals surface area contributed by atoms with Crippen molar-refractivity contribution in [2.75, 3.05) is 5.75 Å². The first-order chi connectivity index (χ1) is 14.8. The third-order valence-corrected chi connectivity index (χ3v) is 7.24. The van der Waals surface area contributed by atoms with Gasteiger partial charge >= 0.3 is 5.97 Å². The number of fused-ring (bicyclic) bond motifs is 1. The van der Waals surface area contributed by atoms with Crippen LogP contribution in [-0.2, 0) is 16.3 Å². The van der Waals surface area contributed by atoms with E-state index in [0.29, 0.717) is 16.0 Å². The van der Waals surface area contributed by atoms with Crippen LogP contribution in [0, 0.1) is 0 Å². The van der Waals surface area contributed by atoms with Gasteiger partial charge in [0.15, 0.2) is 9.84 Å². The molecule has 0 saturated carbocycles. The van der Waals surface area contributed by atoms with E-state index in [-0.39, 0.29) is 22.6 Å². The Kier molecular flexibility index (Phi) is 5.81. The van der Waals surface area contributed by atoms with Crippen molar-refractivity contribution in [2.24, 2.45) is 0 Å². The zero-order chi connectivity index (χ0) is 22.0. The highest BCUT2D eigenvalue weighted by atomic mass is 35.5. The number of carbonyl (C=O) groups is 1. The molecule has 4 nitrogen and oxygen atoms in total. The second-order valence-corrected chi connectivity index (χ2v) is 9.77. The SMILES string of the molecule is O=C(O)c1c(CCS(=O)(=O)c2ccc(-c3ccc(Cl)cc3)cc2)ccc2ccccc12. The maximum atomic E-state index is 12.9. The van der Waals surface area contributed by atoms with Crippen LogP contribution in [0.15, 0.2) is 89.8 Å². The normalized spacial score (nSPS) is 11.5. The predicted molar refractivity (Wildman–Crippen MR) is 124 cm³/mol. The van der Waals surface area contributed by atoms with Gasteiger partial charge < -0.3 is 5.11 Å². The lowest BCUT2D eigenvalue weighted by Crippen LogP contribution is -2.12. The number of hydrogen-bond donors (Lipinski definition) is 1. The van der Waals surface area contributed by atoms with Gasteiger partial charge in [-0.05, 0) is 58.1 Å². The molecule has 0 radical (unpaired) electrons. The monoisotopic (exact) mass is 450 g/mol. The smallest absolute Gasteiger partial charge is 0.336 e. The van der Waals surface area contributed by atoms with E-state index in [1.807, 2.05) is 30.3 Å². The van der Waals surface area contributed by atoms with Gasteiger partial charge in [0.1, 0.15) is 0 Å². The Morgan fingerprint density at radius 1 is 0.806 bits per heavy atom. The Morgan fingerprint density at radius 2 is 1.42 bits per heavy atom. The van der Waals surface area contributed by atoms with Crippen LogP contribution in [0.25, 0.3) is 21.9 Å². The zero-order valence-electron chi connectivity index (χ0n) is 16.5. The molecule has 0 bridgehead atoms. The molecule has 0 atom stereocenters. The molecule has 0 spiro atoms. The summed E-state index contributed by atoms with van der Waals surface area (Å²) >= 11 is 5.92. The molecule has 0 aliphatic rings. The van der Waals surface area contributed by atoms with E-state index >= 15 is 0 Å². The van der Waals surface area contributed by atoms with E-state index in [1.54, 1.807) is 54.6 Å². The van der Waals surface area contributed by atoms with Crippen molar-refractivity contribution in [3.63, 3.8) is 0 Å². The minimum Gasteiger partial charge on any atom is -0.478 e. The quantitative estimate of drug-likeness (QED) is 0.398. The van der Waals surface area contributed by atoms with Gasteiger partial charge in [-0.15, -0.1) is 0 Å². The minimum atomic E-state index is -3.57. The van der Waals surface area contributed by atoms with Gasteiger partial charge in [-0.1, -0.05) is 72.3 Å². The van der Waals surface area contributed by atoms with E-state index in [1.165, 1.54) is 0 Å². The van der Waals surface area contributed by atoms with Crippen molar-refractivity contribution in [3.05, 3.63) is 101 Å². The Labute approximate surface area is 185 Å². The van der Waals surface area contributed by atoms with E-state index in [0.717, 1.165) is 16.5 Å². The molecule has 31 heavy (non-hydrogen) atoms. The van der Waals surface area contributed by atoms with Crippen molar-refractivity contribution in [1.29, 1.82) is 0 Å². The average Bonchev–Trinajstić information content (AvgIpc) is 2.77. The summed E-state index contributed by atoms with van der Waals surface area (Å²) in [5.41, 5.74) is 2.49. The highest BCUT2D eigenvalue weighted by Crippen LogP contribution is 2.26. The standard InChI is InChI=1S/C25H19ClO4S/c26-21-11-7-17(8-12-21)18-9-13-22(14-10-18)31(29,30)16-15-20-6-5-19-3-1-2-4-23(19)24(20)25(27)28/h1-14H,15-16H2,(H,27,28). The molecular weight excluding hydrogens is 432 g/mol. The molecule has 0 saturated heterocycles. The highest BCUT2D eigenvalue weighted by Gasteiger charge is 2.19. The van der Waals surface area contributed by atoms with E-state index in [9.17, 15) is 18.3 Å². The number of rotatable bonds is 6. The number of carboxylic acids is 1. The molecular formula is C25H19ClO4S. The molecule has 0 fully saturated rings. The molecule has 0 aliphatic heterocycles. The van der Waals surface area contributed by atoms with Gasteiger partial charge in [0.25, 0.3) is 0 Å². The summed E-state index contributed by atoms with van der Waals surface area (Å²) < 4.78 is 25.8. The highest BCUT2D eigenvalue weighted by molar-refractivity contribution is 7.91. The number of aryl methyl sites for hydroxylation is 1. The fourth-order valence-electron chi connectivity index (χ4n) is 3.64. The second-order valence-electron chi connectivity index (χ2n) is 7.23. The molecule has 4 rings (SSSR count). The molecule has 0 heterocycles. The molecule has 0 unspecified atom stereocenters. The molecule has 156 valence electrons. The Morgan fingerprint density at radius 3 is 2.06 bits per heavy atom. The van der Waals surface area contributed by atoms with Crippen molar-refractivity contribution in [3.8, 4) is 11.1 Å². The summed E-state index contributed by atoms with van der Waals surface area (Å²) in [7, 11) is -3.57. The van der Waals surface area contributed by atoms with Gasteiger partial charge in [-0.3, -0.25) is 0 Å². The van der Waals surface area contributed by atoms with Crippen LogP contribution in [0.3, 0.4) is 0 Å².